The number of carbonyl (C=O) groups is 1. The number of hydrogen-bond donors (Lipinski definition) is 2. The van der Waals surface area contributed by atoms with Crippen molar-refractivity contribution in [3.8, 4) is 0 Å². The second-order valence-corrected chi connectivity index (χ2v) is 5.13. The highest BCUT2D eigenvalue weighted by Gasteiger charge is 2.13. The minimum absolute atomic E-state index is 0.00970. The zero-order valence-electron chi connectivity index (χ0n) is 9.32. The number of anilines is 2. The van der Waals surface area contributed by atoms with Crippen molar-refractivity contribution in [1.29, 1.82) is 0 Å². The maximum Gasteiger partial charge on any atom is 0.339 e. The Hall–Kier alpha value is -1.41. The van der Waals surface area contributed by atoms with Crippen molar-refractivity contribution in [2.24, 2.45) is 0 Å². The number of carboxylic acids is 1. The fraction of sp³-hybridized carbons (Fsp3) is 0. The van der Waals surface area contributed by atoms with E-state index in [1.54, 1.807) is 0 Å². The van der Waals surface area contributed by atoms with Gasteiger partial charge in [-0.2, -0.15) is 0 Å². The van der Waals surface area contributed by atoms with E-state index in [1.165, 1.54) is 30.3 Å². The first-order valence-corrected chi connectivity index (χ1v) is 6.55. The van der Waals surface area contributed by atoms with Gasteiger partial charge < -0.3 is 10.4 Å². The zero-order chi connectivity index (χ0) is 14.0. The van der Waals surface area contributed by atoms with E-state index in [2.05, 4.69) is 10.3 Å². The summed E-state index contributed by atoms with van der Waals surface area (Å²) in [6.07, 6.45) is 0. The topological polar surface area (TPSA) is 62.2 Å². The Kier molecular flexibility index (Phi) is 4.20. The molecule has 0 aliphatic heterocycles. The third kappa shape index (κ3) is 3.32. The molecule has 0 aliphatic rings. The van der Waals surface area contributed by atoms with Crippen LogP contribution >= 0.6 is 34.2 Å². The highest BCUT2D eigenvalue weighted by atomic mass is 127. The number of nitrogens with one attached hydrogen (secondary N) is 1. The number of rotatable bonds is 3. The first kappa shape index (κ1) is 14.0. The largest absolute Gasteiger partial charge is 0.478 e. The summed E-state index contributed by atoms with van der Waals surface area (Å²) in [5.41, 5.74) is 0.545. The number of aromatic nitrogens is 1. The molecule has 0 amide bonds. The minimum atomic E-state index is -1.12. The number of carboxylic acid groups (broad SMARTS) is 1. The number of halogens is 3. The molecule has 0 saturated carbocycles. The van der Waals surface area contributed by atoms with E-state index in [0.717, 1.165) is 0 Å². The van der Waals surface area contributed by atoms with Crippen LogP contribution in [0.25, 0.3) is 0 Å². The fourth-order valence-corrected chi connectivity index (χ4v) is 2.18. The number of pyridine rings is 1. The molecule has 0 radical (unpaired) electrons. The lowest BCUT2D eigenvalue weighted by molar-refractivity contribution is 0.0697. The molecular weight excluding hydrogens is 385 g/mol. The average molecular weight is 393 g/mol. The van der Waals surface area contributed by atoms with Crippen LogP contribution in [0.5, 0.6) is 0 Å². The summed E-state index contributed by atoms with van der Waals surface area (Å²) in [5.74, 6) is -1.37. The third-order valence-corrected chi connectivity index (χ3v) is 3.38. The van der Waals surface area contributed by atoms with Crippen LogP contribution in [0.15, 0.2) is 30.3 Å². The molecule has 0 spiro atoms. The van der Waals surface area contributed by atoms with Crippen LogP contribution in [0, 0.1) is 9.39 Å². The molecule has 4 nitrogen and oxygen atoms in total. The van der Waals surface area contributed by atoms with Crippen molar-refractivity contribution < 1.29 is 14.3 Å². The van der Waals surface area contributed by atoms with Gasteiger partial charge in [0, 0.05) is 3.57 Å². The number of benzene rings is 1. The van der Waals surface area contributed by atoms with Crippen LogP contribution in [0.1, 0.15) is 10.4 Å². The summed E-state index contributed by atoms with van der Waals surface area (Å²) in [6.45, 7) is 0. The second-order valence-electron chi connectivity index (χ2n) is 3.58. The zero-order valence-corrected chi connectivity index (χ0v) is 12.2. The number of nitrogens with zero attached hydrogens (tertiary/aromatic N) is 1. The molecule has 2 rings (SSSR count). The van der Waals surface area contributed by atoms with E-state index in [0.29, 0.717) is 9.26 Å². The van der Waals surface area contributed by atoms with Crippen molar-refractivity contribution in [1.82, 2.24) is 4.98 Å². The highest BCUT2D eigenvalue weighted by Crippen LogP contribution is 2.25. The molecule has 1 aromatic heterocycles. The number of aromatic carboxylic acids is 1. The first-order valence-electron chi connectivity index (χ1n) is 5.09. The number of hydrogen-bond acceptors (Lipinski definition) is 3. The van der Waals surface area contributed by atoms with Crippen molar-refractivity contribution in [2.75, 3.05) is 5.32 Å². The Balaban J connectivity index is 2.42. The van der Waals surface area contributed by atoms with Crippen molar-refractivity contribution >= 4 is 51.7 Å². The molecule has 98 valence electrons. The van der Waals surface area contributed by atoms with Gasteiger partial charge in [-0.3, -0.25) is 0 Å². The fourth-order valence-electron chi connectivity index (χ4n) is 1.42. The van der Waals surface area contributed by atoms with Crippen LogP contribution < -0.4 is 5.32 Å². The summed E-state index contributed by atoms with van der Waals surface area (Å²) < 4.78 is 13.6. The van der Waals surface area contributed by atoms with E-state index >= 15 is 0 Å². The maximum absolute atomic E-state index is 13.0. The monoisotopic (exact) mass is 392 g/mol. The standard InChI is InChI=1S/C12H7ClFIN2O2/c13-10-4-2-7(12(18)19)11(17-10)16-9-3-1-6(14)5-8(9)15/h1-5H,(H,16,17)(H,18,19). The van der Waals surface area contributed by atoms with Crippen LogP contribution in [-0.2, 0) is 0 Å². The van der Waals surface area contributed by atoms with Crippen LogP contribution in [-0.4, -0.2) is 16.1 Å². The Bertz CT molecular complexity index is 652. The molecule has 0 aliphatic carbocycles. The smallest absolute Gasteiger partial charge is 0.339 e. The lowest BCUT2D eigenvalue weighted by Crippen LogP contribution is -2.05. The molecule has 0 unspecified atom stereocenters. The van der Waals surface area contributed by atoms with Crippen LogP contribution in [0.4, 0.5) is 15.9 Å². The van der Waals surface area contributed by atoms with E-state index in [4.69, 9.17) is 16.7 Å². The average Bonchev–Trinajstić information content (AvgIpc) is 2.32. The van der Waals surface area contributed by atoms with Gasteiger partial charge in [0.1, 0.15) is 22.4 Å². The normalized spacial score (nSPS) is 10.3. The van der Waals surface area contributed by atoms with Gasteiger partial charge in [0.15, 0.2) is 0 Å². The Morgan fingerprint density at radius 1 is 1.37 bits per heavy atom. The molecule has 0 atom stereocenters. The van der Waals surface area contributed by atoms with Gasteiger partial charge in [-0.1, -0.05) is 11.6 Å². The third-order valence-electron chi connectivity index (χ3n) is 2.28. The van der Waals surface area contributed by atoms with Crippen molar-refractivity contribution in [2.45, 2.75) is 0 Å². The van der Waals surface area contributed by atoms with Gasteiger partial charge in [-0.15, -0.1) is 0 Å². The van der Waals surface area contributed by atoms with Gasteiger partial charge in [-0.25, -0.2) is 14.2 Å². The summed E-state index contributed by atoms with van der Waals surface area (Å²) in [5, 5.41) is 12.1. The highest BCUT2D eigenvalue weighted by molar-refractivity contribution is 14.1. The molecule has 19 heavy (non-hydrogen) atoms. The molecule has 0 fully saturated rings. The Morgan fingerprint density at radius 3 is 2.74 bits per heavy atom. The van der Waals surface area contributed by atoms with E-state index in [9.17, 15) is 9.18 Å². The molecular formula is C12H7ClFIN2O2. The predicted molar refractivity (Wildman–Crippen MR) is 78.6 cm³/mol. The van der Waals surface area contributed by atoms with Crippen molar-refractivity contribution in [3.05, 3.63) is 50.4 Å². The summed E-state index contributed by atoms with van der Waals surface area (Å²) in [7, 11) is 0. The summed E-state index contributed by atoms with van der Waals surface area (Å²) in [6, 6.07) is 6.86. The van der Waals surface area contributed by atoms with E-state index in [-0.39, 0.29) is 22.4 Å². The first-order chi connectivity index (χ1) is 8.97. The van der Waals surface area contributed by atoms with Gasteiger partial charge in [0.2, 0.25) is 0 Å². The summed E-state index contributed by atoms with van der Waals surface area (Å²) >= 11 is 7.69. The lowest BCUT2D eigenvalue weighted by Gasteiger charge is -2.10. The molecule has 0 saturated heterocycles. The maximum atomic E-state index is 13.0. The molecule has 1 aromatic carbocycles. The predicted octanol–water partition coefficient (Wildman–Crippen LogP) is 3.92. The van der Waals surface area contributed by atoms with Crippen LogP contribution in [0.3, 0.4) is 0 Å². The molecule has 2 aromatic rings. The van der Waals surface area contributed by atoms with Gasteiger partial charge in [-0.05, 0) is 52.9 Å². The van der Waals surface area contributed by atoms with E-state index in [1.807, 2.05) is 22.6 Å². The molecule has 0 bridgehead atoms. The summed E-state index contributed by atoms with van der Waals surface area (Å²) in [4.78, 5) is 15.0. The Morgan fingerprint density at radius 2 is 2.11 bits per heavy atom. The van der Waals surface area contributed by atoms with Gasteiger partial charge >= 0.3 is 5.97 Å². The quantitative estimate of drug-likeness (QED) is 0.614. The van der Waals surface area contributed by atoms with Gasteiger partial charge in [0.05, 0.1) is 5.69 Å². The SMILES string of the molecule is O=C(O)c1ccc(Cl)nc1Nc1ccc(F)cc1I. The second kappa shape index (κ2) is 5.70. The molecule has 7 heteroatoms. The van der Waals surface area contributed by atoms with Crippen LogP contribution in [0.2, 0.25) is 5.15 Å². The van der Waals surface area contributed by atoms with Gasteiger partial charge in [0.25, 0.3) is 0 Å². The minimum Gasteiger partial charge on any atom is -0.478 e. The Labute approximate surface area is 126 Å². The molecule has 2 N–H and O–H groups in total. The van der Waals surface area contributed by atoms with Crippen molar-refractivity contribution in [3.63, 3.8) is 0 Å². The lowest BCUT2D eigenvalue weighted by atomic mass is 10.2. The van der Waals surface area contributed by atoms with E-state index < -0.39 is 5.97 Å². The molecule has 1 heterocycles.